The number of ether oxygens (including phenoxy) is 3. The Morgan fingerprint density at radius 3 is 2.62 bits per heavy atom. The van der Waals surface area contributed by atoms with Crippen molar-refractivity contribution in [2.75, 3.05) is 40.5 Å². The molecule has 2 atom stereocenters. The van der Waals surface area contributed by atoms with Gasteiger partial charge in [-0.3, -0.25) is 9.59 Å². The molecular weight excluding hydrogens is 470 g/mol. The summed E-state index contributed by atoms with van der Waals surface area (Å²) < 4.78 is 16.8. The third-order valence-corrected chi connectivity index (χ3v) is 7.44. The Morgan fingerprint density at radius 2 is 1.84 bits per heavy atom. The fraction of sp³-hybridized carbons (Fsp3) is 0.448. The van der Waals surface area contributed by atoms with Gasteiger partial charge in [-0.1, -0.05) is 31.5 Å². The lowest BCUT2D eigenvalue weighted by atomic mass is 9.85. The minimum Gasteiger partial charge on any atom is -0.497 e. The summed E-state index contributed by atoms with van der Waals surface area (Å²) in [6, 6.07) is 12.7. The SMILES string of the molecule is CCCCOCCCN1CC(=O)N2C(c3ccc(OC)cc3OC)c3[nH]c4ccccc4c3C[C@H]2C1=O. The third kappa shape index (κ3) is 4.66. The van der Waals surface area contributed by atoms with Gasteiger partial charge in [0.2, 0.25) is 11.8 Å². The van der Waals surface area contributed by atoms with Crippen LogP contribution in [0.3, 0.4) is 0 Å². The predicted molar refractivity (Wildman–Crippen MR) is 141 cm³/mol. The quantitative estimate of drug-likeness (QED) is 0.420. The van der Waals surface area contributed by atoms with Crippen LogP contribution in [0.5, 0.6) is 11.5 Å². The largest absolute Gasteiger partial charge is 0.497 e. The summed E-state index contributed by atoms with van der Waals surface area (Å²) in [5, 5.41) is 1.08. The zero-order valence-electron chi connectivity index (χ0n) is 21.8. The second-order valence-corrected chi connectivity index (χ2v) is 9.67. The number of nitrogens with zero attached hydrogens (tertiary/aromatic N) is 2. The highest BCUT2D eigenvalue weighted by Crippen LogP contribution is 2.45. The van der Waals surface area contributed by atoms with Crippen molar-refractivity contribution in [2.24, 2.45) is 0 Å². The van der Waals surface area contributed by atoms with Crippen molar-refractivity contribution in [3.05, 3.63) is 59.3 Å². The summed E-state index contributed by atoms with van der Waals surface area (Å²) in [5.74, 6) is 1.20. The van der Waals surface area contributed by atoms with Gasteiger partial charge < -0.3 is 29.0 Å². The fourth-order valence-electron chi connectivity index (χ4n) is 5.59. The first-order valence-corrected chi connectivity index (χ1v) is 13.1. The van der Waals surface area contributed by atoms with E-state index in [1.54, 1.807) is 24.0 Å². The van der Waals surface area contributed by atoms with Crippen LogP contribution in [-0.2, 0) is 20.7 Å². The Labute approximate surface area is 217 Å². The fourth-order valence-corrected chi connectivity index (χ4v) is 5.59. The van der Waals surface area contributed by atoms with E-state index >= 15 is 0 Å². The van der Waals surface area contributed by atoms with Crippen LogP contribution in [-0.4, -0.2) is 73.2 Å². The van der Waals surface area contributed by atoms with Crippen LogP contribution in [0.25, 0.3) is 10.9 Å². The van der Waals surface area contributed by atoms with Gasteiger partial charge in [0.1, 0.15) is 23.6 Å². The highest BCUT2D eigenvalue weighted by Gasteiger charge is 2.48. The molecule has 0 radical (unpaired) electrons. The Balaban J connectivity index is 1.51. The second-order valence-electron chi connectivity index (χ2n) is 9.67. The first-order chi connectivity index (χ1) is 18.1. The smallest absolute Gasteiger partial charge is 0.246 e. The van der Waals surface area contributed by atoms with Crippen molar-refractivity contribution in [1.29, 1.82) is 0 Å². The normalized spacial score (nSPS) is 19.2. The van der Waals surface area contributed by atoms with Crippen LogP contribution in [0.4, 0.5) is 0 Å². The number of amides is 2. The van der Waals surface area contributed by atoms with Crippen molar-refractivity contribution in [2.45, 2.75) is 44.7 Å². The molecule has 1 saturated heterocycles. The second kappa shape index (κ2) is 10.8. The lowest BCUT2D eigenvalue weighted by Crippen LogP contribution is -2.63. The predicted octanol–water partition coefficient (Wildman–Crippen LogP) is 4.08. The van der Waals surface area contributed by atoms with E-state index in [2.05, 4.69) is 18.0 Å². The molecule has 0 spiro atoms. The van der Waals surface area contributed by atoms with Gasteiger partial charge in [0.15, 0.2) is 0 Å². The number of fused-ring (bicyclic) bond motifs is 4. The number of H-pyrrole nitrogens is 1. The molecule has 2 amide bonds. The Bertz CT molecular complexity index is 1290. The first kappa shape index (κ1) is 25.1. The van der Waals surface area contributed by atoms with Crippen LogP contribution >= 0.6 is 0 Å². The van der Waals surface area contributed by atoms with Gasteiger partial charge in [0.25, 0.3) is 0 Å². The number of carbonyl (C=O) groups excluding carboxylic acids is 2. The molecule has 2 aliphatic heterocycles. The van der Waals surface area contributed by atoms with Crippen molar-refractivity contribution >= 4 is 22.7 Å². The lowest BCUT2D eigenvalue weighted by molar-refractivity contribution is -0.158. The summed E-state index contributed by atoms with van der Waals surface area (Å²) >= 11 is 0. The van der Waals surface area contributed by atoms with E-state index in [-0.39, 0.29) is 18.4 Å². The molecule has 0 saturated carbocycles. The van der Waals surface area contributed by atoms with Gasteiger partial charge >= 0.3 is 0 Å². The summed E-state index contributed by atoms with van der Waals surface area (Å²) in [7, 11) is 3.22. The van der Waals surface area contributed by atoms with Gasteiger partial charge in [-0.25, -0.2) is 0 Å². The molecule has 0 bridgehead atoms. The van der Waals surface area contributed by atoms with Gasteiger partial charge in [-0.2, -0.15) is 0 Å². The molecule has 1 fully saturated rings. The van der Waals surface area contributed by atoms with Gasteiger partial charge in [0, 0.05) is 54.4 Å². The topological polar surface area (TPSA) is 84.1 Å². The number of piperazine rings is 1. The van der Waals surface area contributed by atoms with E-state index in [1.165, 1.54) is 0 Å². The maximum Gasteiger partial charge on any atom is 0.246 e. The summed E-state index contributed by atoms with van der Waals surface area (Å²) in [4.78, 5) is 34.5. The molecule has 0 aliphatic carbocycles. The van der Waals surface area contributed by atoms with E-state index in [1.807, 2.05) is 36.4 Å². The number of benzene rings is 2. The van der Waals surface area contributed by atoms with Crippen molar-refractivity contribution in [3.63, 3.8) is 0 Å². The molecule has 1 unspecified atom stereocenters. The number of nitrogens with one attached hydrogen (secondary N) is 1. The van der Waals surface area contributed by atoms with E-state index in [0.717, 1.165) is 47.2 Å². The Kier molecular flexibility index (Phi) is 7.37. The van der Waals surface area contributed by atoms with Crippen molar-refractivity contribution in [3.8, 4) is 11.5 Å². The number of unbranched alkanes of at least 4 members (excludes halogenated alkanes) is 1. The van der Waals surface area contributed by atoms with Crippen LogP contribution in [0.2, 0.25) is 0 Å². The zero-order valence-corrected chi connectivity index (χ0v) is 21.8. The minimum atomic E-state index is -0.578. The van der Waals surface area contributed by atoms with Gasteiger partial charge in [0.05, 0.1) is 20.8 Å². The third-order valence-electron chi connectivity index (χ3n) is 7.44. The van der Waals surface area contributed by atoms with Gasteiger partial charge in [-0.15, -0.1) is 0 Å². The molecule has 5 rings (SSSR count). The monoisotopic (exact) mass is 505 g/mol. The molecule has 3 heterocycles. The summed E-state index contributed by atoms with van der Waals surface area (Å²) in [6.45, 7) is 4.03. The average Bonchev–Trinajstić information content (AvgIpc) is 3.30. The number of hydrogen-bond acceptors (Lipinski definition) is 5. The van der Waals surface area contributed by atoms with Crippen molar-refractivity contribution < 1.29 is 23.8 Å². The first-order valence-electron chi connectivity index (χ1n) is 13.1. The minimum absolute atomic E-state index is 0.0124. The zero-order chi connectivity index (χ0) is 25.9. The van der Waals surface area contributed by atoms with Crippen LogP contribution in [0.1, 0.15) is 49.0 Å². The van der Waals surface area contributed by atoms with Crippen LogP contribution < -0.4 is 9.47 Å². The number of methoxy groups -OCH3 is 2. The summed E-state index contributed by atoms with van der Waals surface area (Å²) in [6.07, 6.45) is 3.31. The number of aromatic nitrogens is 1. The standard InChI is InChI=1S/C29H35N3O5/c1-4-5-14-37-15-8-13-31-18-26(33)32-24(29(31)34)17-22-20-9-6-7-10-23(20)30-27(22)28(32)21-12-11-19(35-2)16-25(21)36-3/h6-7,9-12,16,24,28,30H,4-5,8,13-15,17-18H2,1-3H3/t24-,28?/m0/s1. The molecule has 8 nitrogen and oxygen atoms in total. The number of rotatable bonds is 10. The molecule has 1 N–H and O–H groups in total. The molecular formula is C29H35N3O5. The van der Waals surface area contributed by atoms with E-state index in [4.69, 9.17) is 14.2 Å². The summed E-state index contributed by atoms with van der Waals surface area (Å²) in [5.41, 5.74) is 3.82. The van der Waals surface area contributed by atoms with Crippen molar-refractivity contribution in [1.82, 2.24) is 14.8 Å². The number of aromatic amines is 1. The number of carbonyl (C=O) groups is 2. The highest BCUT2D eigenvalue weighted by atomic mass is 16.5. The highest BCUT2D eigenvalue weighted by molar-refractivity contribution is 5.97. The van der Waals surface area contributed by atoms with Crippen LogP contribution in [0, 0.1) is 0 Å². The molecule has 8 heteroatoms. The van der Waals surface area contributed by atoms with E-state index in [0.29, 0.717) is 37.5 Å². The molecule has 2 aliphatic rings. The Hall–Kier alpha value is -3.52. The number of para-hydroxylation sites is 1. The van der Waals surface area contributed by atoms with Crippen LogP contribution in [0.15, 0.2) is 42.5 Å². The van der Waals surface area contributed by atoms with E-state index in [9.17, 15) is 9.59 Å². The lowest BCUT2D eigenvalue weighted by Gasteiger charge is -2.47. The maximum atomic E-state index is 13.8. The number of hydrogen-bond donors (Lipinski definition) is 1. The maximum absolute atomic E-state index is 13.8. The van der Waals surface area contributed by atoms with Gasteiger partial charge in [-0.05, 0) is 36.6 Å². The van der Waals surface area contributed by atoms with E-state index < -0.39 is 12.1 Å². The average molecular weight is 506 g/mol. The molecule has 2 aromatic carbocycles. The molecule has 1 aromatic heterocycles. The Morgan fingerprint density at radius 1 is 1.03 bits per heavy atom. The molecule has 196 valence electrons. The molecule has 3 aromatic rings. The molecule has 37 heavy (non-hydrogen) atoms.